The van der Waals surface area contributed by atoms with Gasteiger partial charge in [0.2, 0.25) is 5.88 Å². The first-order valence-electron chi connectivity index (χ1n) is 13.1. The smallest absolute Gasteiger partial charge is 0.413 e. The second kappa shape index (κ2) is 9.05. The summed E-state index contributed by atoms with van der Waals surface area (Å²) in [6.45, 7) is 4.21. The number of carbonyl (C=O) groups is 1. The average Bonchev–Trinajstić information content (AvgIpc) is 3.60. The van der Waals surface area contributed by atoms with Crippen LogP contribution in [0.2, 0.25) is 0 Å². The molecule has 10 nitrogen and oxygen atoms in total. The van der Waals surface area contributed by atoms with Crippen LogP contribution in [0.25, 0.3) is 0 Å². The lowest BCUT2D eigenvalue weighted by atomic mass is 9.83. The van der Waals surface area contributed by atoms with E-state index in [1.807, 2.05) is 24.3 Å². The van der Waals surface area contributed by atoms with E-state index in [2.05, 4.69) is 38.2 Å². The van der Waals surface area contributed by atoms with E-state index in [1.165, 1.54) is 6.33 Å². The number of amides is 1. The lowest BCUT2D eigenvalue weighted by molar-refractivity contribution is -0.00853. The molecule has 3 aromatic rings. The number of hydrogen-bond acceptors (Lipinski definition) is 9. The first-order valence-corrected chi connectivity index (χ1v) is 13.1. The fraction of sp³-hybridized carbons (Fsp3) is 0.393. The summed E-state index contributed by atoms with van der Waals surface area (Å²) in [5.74, 6) is 2.57. The van der Waals surface area contributed by atoms with E-state index in [1.54, 1.807) is 6.20 Å². The van der Waals surface area contributed by atoms with Crippen LogP contribution in [0.5, 0.6) is 11.6 Å². The van der Waals surface area contributed by atoms with Crippen LogP contribution in [0.4, 0.5) is 22.1 Å². The Morgan fingerprint density at radius 2 is 2.05 bits per heavy atom. The first kappa shape index (κ1) is 23.1. The third-order valence-electron chi connectivity index (χ3n) is 7.83. The van der Waals surface area contributed by atoms with Crippen molar-refractivity contribution in [2.45, 2.75) is 50.7 Å². The van der Waals surface area contributed by atoms with E-state index >= 15 is 0 Å². The molecule has 194 valence electrons. The summed E-state index contributed by atoms with van der Waals surface area (Å²) >= 11 is 0. The van der Waals surface area contributed by atoms with Crippen molar-refractivity contribution < 1.29 is 19.0 Å². The number of carbonyl (C=O) groups excluding carboxylic acids is 1. The standard InChI is InChI=1S/C28H28N6O4/c1-17-12-19(13-18-14-21(32-25(17)18)22-5-3-11-36-22)37-24-15-23(30-16-31-24)34-9-6-28(7-10-34)20-4-2-8-29-26(20)33-27(35)38-28/h2,4,8,12-13,15-16,22H,3,5-7,9-11,14H2,1H3,(H,29,33,35)/t22-/m1/s1. The lowest BCUT2D eigenvalue weighted by Gasteiger charge is -2.44. The summed E-state index contributed by atoms with van der Waals surface area (Å²) in [5.41, 5.74) is 4.62. The molecule has 7 rings (SSSR count). The van der Waals surface area contributed by atoms with Crippen molar-refractivity contribution in [2.24, 2.45) is 4.99 Å². The van der Waals surface area contributed by atoms with Gasteiger partial charge in [0.05, 0.1) is 17.5 Å². The van der Waals surface area contributed by atoms with Crippen LogP contribution in [-0.4, -0.2) is 52.6 Å². The molecule has 1 aromatic carbocycles. The number of benzene rings is 1. The number of hydrogen-bond donors (Lipinski definition) is 1. The van der Waals surface area contributed by atoms with Crippen LogP contribution in [0.15, 0.2) is 47.8 Å². The molecule has 2 fully saturated rings. The van der Waals surface area contributed by atoms with E-state index in [0.29, 0.717) is 37.6 Å². The van der Waals surface area contributed by atoms with Crippen molar-refractivity contribution in [1.29, 1.82) is 0 Å². The lowest BCUT2D eigenvalue weighted by Crippen LogP contribution is -2.48. The fourth-order valence-electron chi connectivity index (χ4n) is 5.95. The molecule has 2 saturated heterocycles. The number of aliphatic imine (C=N–C) groups is 1. The zero-order valence-electron chi connectivity index (χ0n) is 21.1. The number of piperidine rings is 1. The predicted molar refractivity (Wildman–Crippen MR) is 141 cm³/mol. The topological polar surface area (TPSA) is 111 Å². The van der Waals surface area contributed by atoms with Gasteiger partial charge in [-0.2, -0.15) is 0 Å². The Balaban J connectivity index is 1.06. The van der Waals surface area contributed by atoms with Crippen molar-refractivity contribution in [3.63, 3.8) is 0 Å². The van der Waals surface area contributed by atoms with Crippen molar-refractivity contribution >= 4 is 29.1 Å². The monoisotopic (exact) mass is 512 g/mol. The van der Waals surface area contributed by atoms with Crippen molar-refractivity contribution in [3.05, 3.63) is 59.5 Å². The molecule has 1 atom stereocenters. The van der Waals surface area contributed by atoms with Gasteiger partial charge in [-0.15, -0.1) is 0 Å². The van der Waals surface area contributed by atoms with Crippen molar-refractivity contribution in [2.75, 3.05) is 29.9 Å². The largest absolute Gasteiger partial charge is 0.439 e. The molecular weight excluding hydrogens is 484 g/mol. The van der Waals surface area contributed by atoms with Gasteiger partial charge >= 0.3 is 6.09 Å². The summed E-state index contributed by atoms with van der Waals surface area (Å²) in [6, 6.07) is 9.76. The normalized spacial score (nSPS) is 21.4. The third-order valence-corrected chi connectivity index (χ3v) is 7.83. The van der Waals surface area contributed by atoms with Crippen LogP contribution in [0, 0.1) is 6.92 Å². The first-order chi connectivity index (χ1) is 18.6. The summed E-state index contributed by atoms with van der Waals surface area (Å²) in [7, 11) is 0. The number of ether oxygens (including phenoxy) is 3. The summed E-state index contributed by atoms with van der Waals surface area (Å²) in [4.78, 5) is 32.4. The Morgan fingerprint density at radius 1 is 1.16 bits per heavy atom. The van der Waals surface area contributed by atoms with E-state index in [9.17, 15) is 4.79 Å². The van der Waals surface area contributed by atoms with Gasteiger partial charge in [0.15, 0.2) is 0 Å². The second-order valence-electron chi connectivity index (χ2n) is 10.2. The molecule has 1 spiro atoms. The summed E-state index contributed by atoms with van der Waals surface area (Å²) in [6.07, 6.45) is 7.07. The maximum absolute atomic E-state index is 12.2. The number of anilines is 2. The fourth-order valence-corrected chi connectivity index (χ4v) is 5.95. The van der Waals surface area contributed by atoms with Crippen LogP contribution in [0.3, 0.4) is 0 Å². The molecule has 4 aliphatic heterocycles. The number of rotatable bonds is 4. The third kappa shape index (κ3) is 4.05. The Morgan fingerprint density at radius 3 is 2.89 bits per heavy atom. The number of nitrogens with zero attached hydrogens (tertiary/aromatic N) is 5. The van der Waals surface area contributed by atoms with Gasteiger partial charge in [0.25, 0.3) is 0 Å². The highest BCUT2D eigenvalue weighted by Crippen LogP contribution is 2.43. The minimum Gasteiger partial charge on any atom is -0.439 e. The van der Waals surface area contributed by atoms with E-state index in [0.717, 1.165) is 65.5 Å². The molecule has 0 unspecified atom stereocenters. The van der Waals surface area contributed by atoms with E-state index < -0.39 is 11.7 Å². The Labute approximate surface area is 220 Å². The van der Waals surface area contributed by atoms with Gasteiger partial charge < -0.3 is 19.1 Å². The average molecular weight is 513 g/mol. The molecule has 10 heteroatoms. The molecule has 0 aliphatic carbocycles. The van der Waals surface area contributed by atoms with Crippen molar-refractivity contribution in [3.8, 4) is 11.6 Å². The molecule has 6 heterocycles. The molecule has 0 saturated carbocycles. The predicted octanol–water partition coefficient (Wildman–Crippen LogP) is 4.84. The van der Waals surface area contributed by atoms with Gasteiger partial charge in [-0.05, 0) is 55.2 Å². The Hall–Kier alpha value is -4.05. The van der Waals surface area contributed by atoms with E-state index in [-0.39, 0.29) is 6.10 Å². The van der Waals surface area contributed by atoms with Gasteiger partial charge in [-0.1, -0.05) is 0 Å². The maximum atomic E-state index is 12.2. The number of fused-ring (bicyclic) bond motifs is 3. The summed E-state index contributed by atoms with van der Waals surface area (Å²) in [5, 5.41) is 2.70. The van der Waals surface area contributed by atoms with Crippen LogP contribution in [0.1, 0.15) is 42.4 Å². The highest BCUT2D eigenvalue weighted by molar-refractivity contribution is 5.98. The SMILES string of the molecule is Cc1cc(Oc2cc(N3CCC4(CC3)OC(=O)Nc3ncccc34)ncn2)cc2c1N=C([C@H]1CCCO1)C2. The van der Waals surface area contributed by atoms with E-state index in [4.69, 9.17) is 19.2 Å². The summed E-state index contributed by atoms with van der Waals surface area (Å²) < 4.78 is 17.9. The molecule has 38 heavy (non-hydrogen) atoms. The van der Waals surface area contributed by atoms with Crippen LogP contribution >= 0.6 is 0 Å². The molecule has 4 aliphatic rings. The highest BCUT2D eigenvalue weighted by atomic mass is 16.6. The van der Waals surface area contributed by atoms with Gasteiger partial charge in [0.1, 0.15) is 29.3 Å². The zero-order chi connectivity index (χ0) is 25.7. The minimum absolute atomic E-state index is 0.136. The zero-order valence-corrected chi connectivity index (χ0v) is 21.1. The number of aromatic nitrogens is 3. The minimum atomic E-state index is -0.679. The molecule has 0 radical (unpaired) electrons. The molecular formula is C28H28N6O4. The van der Waals surface area contributed by atoms with Crippen LogP contribution < -0.4 is 15.0 Å². The number of pyridine rings is 1. The Bertz CT molecular complexity index is 1440. The van der Waals surface area contributed by atoms with Crippen LogP contribution in [-0.2, 0) is 21.5 Å². The molecule has 1 N–H and O–H groups in total. The maximum Gasteiger partial charge on any atom is 0.413 e. The van der Waals surface area contributed by atoms with Gasteiger partial charge in [0, 0.05) is 56.8 Å². The molecule has 0 bridgehead atoms. The molecule has 2 aromatic heterocycles. The van der Waals surface area contributed by atoms with Gasteiger partial charge in [-0.3, -0.25) is 10.3 Å². The number of aryl methyl sites for hydroxylation is 1. The molecule has 1 amide bonds. The quantitative estimate of drug-likeness (QED) is 0.529. The number of nitrogens with one attached hydrogen (secondary N) is 1. The second-order valence-corrected chi connectivity index (χ2v) is 10.2. The van der Waals surface area contributed by atoms with Gasteiger partial charge in [-0.25, -0.2) is 19.7 Å². The Kier molecular flexibility index (Phi) is 5.50. The highest BCUT2D eigenvalue weighted by Gasteiger charge is 2.45. The van der Waals surface area contributed by atoms with Crippen molar-refractivity contribution in [1.82, 2.24) is 15.0 Å².